The van der Waals surface area contributed by atoms with E-state index in [1.54, 1.807) is 13.2 Å². The summed E-state index contributed by atoms with van der Waals surface area (Å²) in [5.41, 5.74) is 1.79. The third-order valence-corrected chi connectivity index (χ3v) is 6.05. The van der Waals surface area contributed by atoms with Crippen LogP contribution in [0, 0.1) is 3.57 Å². The van der Waals surface area contributed by atoms with Crippen LogP contribution in [0.4, 0.5) is 0 Å². The second-order valence-electron chi connectivity index (χ2n) is 5.50. The molecule has 9 heteroatoms. The first-order valence-corrected chi connectivity index (χ1v) is 10.3. The van der Waals surface area contributed by atoms with Crippen LogP contribution in [0.3, 0.4) is 0 Å². The van der Waals surface area contributed by atoms with Gasteiger partial charge < -0.3 is 9.47 Å². The zero-order valence-corrected chi connectivity index (χ0v) is 18.6. The molecule has 1 saturated heterocycles. The predicted octanol–water partition coefficient (Wildman–Crippen LogP) is 4.61. The van der Waals surface area contributed by atoms with Gasteiger partial charge in [-0.15, -0.1) is 0 Å². The van der Waals surface area contributed by atoms with Crippen LogP contribution in [-0.4, -0.2) is 22.3 Å². The number of hydrazine groups is 1. The zero-order valence-electron chi connectivity index (χ0n) is 14.1. The number of methoxy groups -OCH3 is 1. The van der Waals surface area contributed by atoms with E-state index in [0.29, 0.717) is 32.4 Å². The van der Waals surface area contributed by atoms with Crippen LogP contribution in [0.15, 0.2) is 41.3 Å². The summed E-state index contributed by atoms with van der Waals surface area (Å²) in [5.74, 6) is 6.50. The van der Waals surface area contributed by atoms with E-state index in [9.17, 15) is 4.79 Å². The van der Waals surface area contributed by atoms with Gasteiger partial charge in [0, 0.05) is 5.02 Å². The van der Waals surface area contributed by atoms with E-state index in [1.165, 1.54) is 11.8 Å². The maximum atomic E-state index is 12.1. The smallest absolute Gasteiger partial charge is 0.280 e. The molecule has 0 saturated carbocycles. The lowest BCUT2D eigenvalue weighted by Gasteiger charge is -2.14. The number of hydrogen-bond acceptors (Lipinski definition) is 6. The fourth-order valence-electron chi connectivity index (χ4n) is 2.33. The lowest BCUT2D eigenvalue weighted by molar-refractivity contribution is -0.122. The summed E-state index contributed by atoms with van der Waals surface area (Å²) in [6.07, 6.45) is 1.74. The number of nitrogens with zero attached hydrogens (tertiary/aromatic N) is 1. The number of ether oxygens (including phenoxy) is 2. The minimum atomic E-state index is -0.318. The number of thioether (sulfide) groups is 1. The number of halogens is 2. The highest BCUT2D eigenvalue weighted by Gasteiger charge is 2.29. The maximum absolute atomic E-state index is 12.1. The summed E-state index contributed by atoms with van der Waals surface area (Å²) < 4.78 is 12.6. The summed E-state index contributed by atoms with van der Waals surface area (Å²) in [6.45, 7) is 0.384. The molecule has 0 spiro atoms. The maximum Gasteiger partial charge on any atom is 0.280 e. The largest absolute Gasteiger partial charge is 0.493 e. The van der Waals surface area contributed by atoms with Crippen LogP contribution in [0.5, 0.6) is 11.5 Å². The average molecular weight is 533 g/mol. The number of hydrogen-bond donors (Lipinski definition) is 1. The van der Waals surface area contributed by atoms with Crippen molar-refractivity contribution in [3.05, 3.63) is 61.0 Å². The van der Waals surface area contributed by atoms with Crippen LogP contribution in [-0.2, 0) is 11.4 Å². The molecular weight excluding hydrogens is 519 g/mol. The number of amides is 1. The summed E-state index contributed by atoms with van der Waals surface area (Å²) in [4.78, 5) is 12.5. The Morgan fingerprint density at radius 2 is 2.04 bits per heavy atom. The molecule has 5 nitrogen and oxygen atoms in total. The fraction of sp³-hybridized carbons (Fsp3) is 0.111. The van der Waals surface area contributed by atoms with Gasteiger partial charge >= 0.3 is 0 Å². The van der Waals surface area contributed by atoms with Gasteiger partial charge in [-0.3, -0.25) is 4.79 Å². The van der Waals surface area contributed by atoms with Crippen molar-refractivity contribution in [3.63, 3.8) is 0 Å². The molecule has 1 aliphatic heterocycles. The van der Waals surface area contributed by atoms with Gasteiger partial charge in [-0.25, -0.2) is 10.9 Å². The van der Waals surface area contributed by atoms with E-state index in [-0.39, 0.29) is 5.91 Å². The molecule has 0 radical (unpaired) electrons. The number of carbonyl (C=O) groups excluding carboxylic acids is 1. The number of rotatable bonds is 5. The molecule has 3 rings (SSSR count). The third-order valence-electron chi connectivity index (χ3n) is 3.67. The van der Waals surface area contributed by atoms with Crippen LogP contribution >= 0.6 is 58.2 Å². The Hall–Kier alpha value is -1.33. The summed E-state index contributed by atoms with van der Waals surface area (Å²) >= 11 is 14.3. The van der Waals surface area contributed by atoms with Crippen molar-refractivity contribution in [3.8, 4) is 11.5 Å². The topological polar surface area (TPSA) is 64.8 Å². The molecule has 1 aliphatic rings. The van der Waals surface area contributed by atoms with Gasteiger partial charge in [0.25, 0.3) is 5.91 Å². The molecule has 2 aromatic carbocycles. The molecule has 1 heterocycles. The monoisotopic (exact) mass is 532 g/mol. The second kappa shape index (κ2) is 8.78. The van der Waals surface area contributed by atoms with Crippen LogP contribution < -0.4 is 15.3 Å². The van der Waals surface area contributed by atoms with Gasteiger partial charge in [-0.1, -0.05) is 47.7 Å². The average Bonchev–Trinajstić information content (AvgIpc) is 2.88. The van der Waals surface area contributed by atoms with E-state index >= 15 is 0 Å². The molecule has 140 valence electrons. The number of carbonyl (C=O) groups is 1. The second-order valence-corrected chi connectivity index (χ2v) is 8.78. The van der Waals surface area contributed by atoms with Crippen molar-refractivity contribution in [2.45, 2.75) is 6.61 Å². The Morgan fingerprint density at radius 3 is 2.63 bits per heavy atom. The fourth-order valence-corrected chi connectivity index (χ4v) is 4.34. The highest BCUT2D eigenvalue weighted by Crippen LogP contribution is 2.37. The summed E-state index contributed by atoms with van der Waals surface area (Å²) in [5, 5.41) is 1.65. The molecule has 0 aliphatic carbocycles. The van der Waals surface area contributed by atoms with Gasteiger partial charge in [-0.2, -0.15) is 0 Å². The molecule has 0 unspecified atom stereocenters. The molecule has 1 amide bonds. The van der Waals surface area contributed by atoms with Crippen molar-refractivity contribution >= 4 is 74.5 Å². The lowest BCUT2D eigenvalue weighted by atomic mass is 10.2. The van der Waals surface area contributed by atoms with Crippen LogP contribution in [0.1, 0.15) is 11.1 Å². The first-order chi connectivity index (χ1) is 12.9. The molecular formula is C18H14ClIN2O3S2. The van der Waals surface area contributed by atoms with E-state index in [2.05, 4.69) is 22.6 Å². The number of nitrogens with two attached hydrogens (primary N) is 1. The first kappa shape index (κ1) is 20.4. The quantitative estimate of drug-likeness (QED) is 0.200. The van der Waals surface area contributed by atoms with E-state index in [4.69, 9.17) is 39.1 Å². The predicted molar refractivity (Wildman–Crippen MR) is 121 cm³/mol. The molecule has 0 aromatic heterocycles. The Labute approximate surface area is 184 Å². The molecule has 0 bridgehead atoms. The third kappa shape index (κ3) is 4.75. The normalized spacial score (nSPS) is 15.6. The Bertz CT molecular complexity index is 935. The van der Waals surface area contributed by atoms with Crippen molar-refractivity contribution in [1.29, 1.82) is 0 Å². The van der Waals surface area contributed by atoms with Gasteiger partial charge in [0.1, 0.15) is 6.61 Å². The number of benzene rings is 2. The van der Waals surface area contributed by atoms with E-state index in [1.807, 2.05) is 36.4 Å². The van der Waals surface area contributed by atoms with Gasteiger partial charge in [0.05, 0.1) is 15.6 Å². The lowest BCUT2D eigenvalue weighted by Crippen LogP contribution is -2.34. The minimum absolute atomic E-state index is 0.318. The molecule has 2 N–H and O–H groups in total. The van der Waals surface area contributed by atoms with Crippen molar-refractivity contribution in [2.75, 3.05) is 7.11 Å². The first-order valence-electron chi connectivity index (χ1n) is 7.66. The van der Waals surface area contributed by atoms with E-state index < -0.39 is 0 Å². The molecule has 2 aromatic rings. The molecule has 27 heavy (non-hydrogen) atoms. The SMILES string of the molecule is COc1cc(/C=C2\SC(=S)N(N)C2=O)cc(I)c1OCc1ccc(Cl)cc1. The van der Waals surface area contributed by atoms with Crippen LogP contribution in [0.25, 0.3) is 6.08 Å². The zero-order chi connectivity index (χ0) is 19.6. The van der Waals surface area contributed by atoms with Crippen molar-refractivity contribution in [1.82, 2.24) is 5.01 Å². The Kier molecular flexibility index (Phi) is 6.64. The molecule has 0 atom stereocenters. The van der Waals surface area contributed by atoms with Gasteiger partial charge in [0.15, 0.2) is 15.8 Å². The van der Waals surface area contributed by atoms with Gasteiger partial charge in [0.2, 0.25) is 0 Å². The standard InChI is InChI=1S/C18H14ClIN2O3S2/c1-24-14-7-11(8-15-17(23)22(21)18(26)27-15)6-13(20)16(14)25-9-10-2-4-12(19)5-3-10/h2-8H,9,21H2,1H3/b15-8-. The minimum Gasteiger partial charge on any atom is -0.493 e. The van der Waals surface area contributed by atoms with Crippen molar-refractivity contribution in [2.24, 2.45) is 5.84 Å². The van der Waals surface area contributed by atoms with E-state index in [0.717, 1.165) is 19.7 Å². The Balaban J connectivity index is 1.84. The van der Waals surface area contributed by atoms with Crippen molar-refractivity contribution < 1.29 is 14.3 Å². The van der Waals surface area contributed by atoms with Gasteiger partial charge in [-0.05, 0) is 64.1 Å². The highest BCUT2D eigenvalue weighted by atomic mass is 127. The summed E-state index contributed by atoms with van der Waals surface area (Å²) in [6, 6.07) is 11.2. The molecule has 1 fully saturated rings. The highest BCUT2D eigenvalue weighted by molar-refractivity contribution is 14.1. The summed E-state index contributed by atoms with van der Waals surface area (Å²) in [7, 11) is 1.57. The number of thiocarbonyl (C=S) groups is 1. The Morgan fingerprint density at radius 1 is 1.33 bits per heavy atom. The van der Waals surface area contributed by atoms with Crippen LogP contribution in [0.2, 0.25) is 5.02 Å².